The van der Waals surface area contributed by atoms with E-state index in [1.807, 2.05) is 0 Å². The van der Waals surface area contributed by atoms with Gasteiger partial charge < -0.3 is 9.84 Å². The Bertz CT molecular complexity index is 687. The predicted molar refractivity (Wildman–Crippen MR) is 66.9 cm³/mol. The van der Waals surface area contributed by atoms with Crippen LogP contribution >= 0.6 is 0 Å². The predicted octanol–water partition coefficient (Wildman–Crippen LogP) is 2.18. The molecule has 0 aliphatic carbocycles. The highest BCUT2D eigenvalue weighted by atomic mass is 16.6. The zero-order valence-corrected chi connectivity index (χ0v) is 10.3. The summed E-state index contributed by atoms with van der Waals surface area (Å²) in [5.74, 6) is -0.820. The van der Waals surface area contributed by atoms with Crippen LogP contribution in [0.1, 0.15) is 16.1 Å². The second-order valence-electron chi connectivity index (χ2n) is 3.83. The zero-order chi connectivity index (χ0) is 14.7. The summed E-state index contributed by atoms with van der Waals surface area (Å²) in [6.45, 7) is 1.48. The van der Waals surface area contributed by atoms with Crippen molar-refractivity contribution in [1.82, 2.24) is 9.97 Å². The number of carboxylic acid groups (broad SMARTS) is 1. The van der Waals surface area contributed by atoms with Gasteiger partial charge in [0.25, 0.3) is 5.69 Å². The van der Waals surface area contributed by atoms with Crippen LogP contribution in [0, 0.1) is 17.0 Å². The van der Waals surface area contributed by atoms with Gasteiger partial charge in [-0.25, -0.2) is 9.78 Å². The fourth-order valence-electron chi connectivity index (χ4n) is 1.49. The highest BCUT2D eigenvalue weighted by molar-refractivity contribution is 5.87. The Balaban J connectivity index is 2.26. The molecule has 0 aliphatic rings. The summed E-state index contributed by atoms with van der Waals surface area (Å²) in [6.07, 6.45) is 2.51. The minimum Gasteiger partial charge on any atom is -0.478 e. The van der Waals surface area contributed by atoms with E-state index in [2.05, 4.69) is 9.97 Å². The Morgan fingerprint density at radius 2 is 2.15 bits per heavy atom. The molecular weight excluding hydrogens is 266 g/mol. The fraction of sp³-hybridized carbons (Fsp3) is 0.0833. The number of nitro groups is 1. The normalized spacial score (nSPS) is 10.1. The summed E-state index contributed by atoms with van der Waals surface area (Å²) >= 11 is 0. The van der Waals surface area contributed by atoms with E-state index in [9.17, 15) is 14.9 Å². The minimum absolute atomic E-state index is 0.0267. The van der Waals surface area contributed by atoms with Crippen LogP contribution in [-0.4, -0.2) is 26.0 Å². The van der Waals surface area contributed by atoms with Gasteiger partial charge in [-0.3, -0.25) is 15.1 Å². The fourth-order valence-corrected chi connectivity index (χ4v) is 1.49. The average Bonchev–Trinajstić information content (AvgIpc) is 2.38. The second-order valence-corrected chi connectivity index (χ2v) is 3.83. The van der Waals surface area contributed by atoms with E-state index >= 15 is 0 Å². The van der Waals surface area contributed by atoms with Crippen LogP contribution in [0.5, 0.6) is 11.6 Å². The molecule has 0 saturated heterocycles. The third-order valence-corrected chi connectivity index (χ3v) is 2.41. The number of aromatic carboxylic acids is 1. The lowest BCUT2D eigenvalue weighted by molar-refractivity contribution is -0.385. The summed E-state index contributed by atoms with van der Waals surface area (Å²) < 4.78 is 5.33. The molecule has 0 aromatic carbocycles. The number of rotatable bonds is 4. The van der Waals surface area contributed by atoms with Crippen molar-refractivity contribution in [2.24, 2.45) is 0 Å². The molecule has 102 valence electrons. The van der Waals surface area contributed by atoms with E-state index in [0.717, 1.165) is 0 Å². The molecule has 0 unspecified atom stereocenters. The third kappa shape index (κ3) is 2.86. The number of hydrogen-bond donors (Lipinski definition) is 1. The van der Waals surface area contributed by atoms with Gasteiger partial charge in [-0.05, 0) is 13.0 Å². The van der Waals surface area contributed by atoms with E-state index in [4.69, 9.17) is 9.84 Å². The van der Waals surface area contributed by atoms with Crippen molar-refractivity contribution < 1.29 is 19.6 Å². The summed E-state index contributed by atoms with van der Waals surface area (Å²) in [5.41, 5.74) is 0.0609. The van der Waals surface area contributed by atoms with Gasteiger partial charge >= 0.3 is 5.97 Å². The van der Waals surface area contributed by atoms with Crippen molar-refractivity contribution >= 4 is 11.7 Å². The molecular formula is C12H9N3O5. The number of pyridine rings is 2. The maximum atomic E-state index is 10.8. The van der Waals surface area contributed by atoms with Crippen LogP contribution in [-0.2, 0) is 0 Å². The number of aromatic nitrogens is 2. The van der Waals surface area contributed by atoms with Crippen LogP contribution in [0.3, 0.4) is 0 Å². The number of carboxylic acids is 1. The molecule has 2 rings (SSSR count). The molecule has 2 aromatic rings. The summed E-state index contributed by atoms with van der Waals surface area (Å²) in [5, 5.41) is 19.5. The molecule has 0 bridgehead atoms. The molecule has 0 aliphatic heterocycles. The van der Waals surface area contributed by atoms with E-state index in [-0.39, 0.29) is 28.6 Å². The van der Waals surface area contributed by atoms with Crippen molar-refractivity contribution in [2.75, 3.05) is 0 Å². The number of ether oxygens (including phenoxy) is 1. The summed E-state index contributed by atoms with van der Waals surface area (Å²) in [6, 6.07) is 3.89. The first-order chi connectivity index (χ1) is 9.47. The molecule has 8 nitrogen and oxygen atoms in total. The number of hydrogen-bond acceptors (Lipinski definition) is 6. The third-order valence-electron chi connectivity index (χ3n) is 2.41. The smallest absolute Gasteiger partial charge is 0.337 e. The van der Waals surface area contributed by atoms with E-state index in [1.165, 1.54) is 37.5 Å². The lowest BCUT2D eigenvalue weighted by Crippen LogP contribution is -1.99. The van der Waals surface area contributed by atoms with Crippen LogP contribution in [0.25, 0.3) is 0 Å². The summed E-state index contributed by atoms with van der Waals surface area (Å²) in [4.78, 5) is 28.6. The Labute approximate surface area is 112 Å². The van der Waals surface area contributed by atoms with E-state index in [0.29, 0.717) is 0 Å². The molecule has 0 saturated carbocycles. The van der Waals surface area contributed by atoms with Crippen molar-refractivity contribution in [1.29, 1.82) is 0 Å². The van der Waals surface area contributed by atoms with Crippen molar-refractivity contribution in [2.45, 2.75) is 6.92 Å². The van der Waals surface area contributed by atoms with Gasteiger partial charge in [0.05, 0.1) is 16.7 Å². The second kappa shape index (κ2) is 5.31. The lowest BCUT2D eigenvalue weighted by atomic mass is 10.3. The highest BCUT2D eigenvalue weighted by Gasteiger charge is 2.13. The molecule has 0 spiro atoms. The molecule has 1 N–H and O–H groups in total. The molecule has 20 heavy (non-hydrogen) atoms. The Morgan fingerprint density at radius 3 is 2.75 bits per heavy atom. The van der Waals surface area contributed by atoms with Crippen molar-refractivity contribution in [3.63, 3.8) is 0 Å². The number of carbonyl (C=O) groups is 1. The maximum Gasteiger partial charge on any atom is 0.337 e. The largest absolute Gasteiger partial charge is 0.478 e. The van der Waals surface area contributed by atoms with Gasteiger partial charge in [0.1, 0.15) is 11.4 Å². The molecule has 2 aromatic heterocycles. The Kier molecular flexibility index (Phi) is 3.56. The Morgan fingerprint density at radius 1 is 1.40 bits per heavy atom. The maximum absolute atomic E-state index is 10.8. The van der Waals surface area contributed by atoms with Gasteiger partial charge in [-0.15, -0.1) is 0 Å². The standard InChI is InChI=1S/C12H9N3O5/c1-7-10(15(18)19)2-3-11(14-7)20-9-4-8(12(16)17)5-13-6-9/h2-6H,1H3,(H,16,17). The first kappa shape index (κ1) is 13.4. The van der Waals surface area contributed by atoms with Gasteiger partial charge in [0, 0.05) is 18.3 Å². The number of aryl methyl sites for hydroxylation is 1. The highest BCUT2D eigenvalue weighted by Crippen LogP contribution is 2.23. The van der Waals surface area contributed by atoms with Crippen LogP contribution in [0.15, 0.2) is 30.6 Å². The minimum atomic E-state index is -1.13. The van der Waals surface area contributed by atoms with Crippen molar-refractivity contribution in [3.8, 4) is 11.6 Å². The first-order valence-electron chi connectivity index (χ1n) is 5.45. The Hall–Kier alpha value is -3.03. The molecule has 8 heteroatoms. The molecule has 0 fully saturated rings. The number of nitrogens with zero attached hydrogens (tertiary/aromatic N) is 3. The van der Waals surface area contributed by atoms with Gasteiger partial charge in [0.15, 0.2) is 0 Å². The van der Waals surface area contributed by atoms with Gasteiger partial charge in [-0.1, -0.05) is 0 Å². The molecule has 0 atom stereocenters. The van der Waals surface area contributed by atoms with E-state index < -0.39 is 10.9 Å². The quantitative estimate of drug-likeness (QED) is 0.671. The van der Waals surface area contributed by atoms with Gasteiger partial charge in [-0.2, -0.15) is 0 Å². The zero-order valence-electron chi connectivity index (χ0n) is 10.3. The molecule has 2 heterocycles. The average molecular weight is 275 g/mol. The van der Waals surface area contributed by atoms with Crippen LogP contribution in [0.4, 0.5) is 5.69 Å². The topological polar surface area (TPSA) is 115 Å². The first-order valence-corrected chi connectivity index (χ1v) is 5.45. The van der Waals surface area contributed by atoms with Crippen LogP contribution < -0.4 is 4.74 Å². The van der Waals surface area contributed by atoms with Gasteiger partial charge in [0.2, 0.25) is 5.88 Å². The van der Waals surface area contributed by atoms with Crippen LogP contribution in [0.2, 0.25) is 0 Å². The summed E-state index contributed by atoms with van der Waals surface area (Å²) in [7, 11) is 0. The van der Waals surface area contributed by atoms with Crippen molar-refractivity contribution in [3.05, 3.63) is 52.0 Å². The van der Waals surface area contributed by atoms with E-state index in [1.54, 1.807) is 0 Å². The monoisotopic (exact) mass is 275 g/mol. The SMILES string of the molecule is Cc1nc(Oc2cncc(C(=O)O)c2)ccc1[N+](=O)[O-]. The molecule has 0 amide bonds. The molecule has 0 radical (unpaired) electrons. The lowest BCUT2D eigenvalue weighted by Gasteiger charge is -2.05.